The van der Waals surface area contributed by atoms with Gasteiger partial charge in [-0.2, -0.15) is 0 Å². The number of aliphatic hydroxyl groups is 2. The highest BCUT2D eigenvalue weighted by atomic mass is 16.5. The van der Waals surface area contributed by atoms with Crippen molar-refractivity contribution >= 4 is 11.7 Å². The van der Waals surface area contributed by atoms with Crippen molar-refractivity contribution in [2.45, 2.75) is 19.8 Å². The molecule has 1 amide bonds. The fraction of sp³-hybridized carbons (Fsp3) is 0.360. The van der Waals surface area contributed by atoms with Gasteiger partial charge in [-0.1, -0.05) is 25.6 Å². The van der Waals surface area contributed by atoms with E-state index >= 15 is 0 Å². The van der Waals surface area contributed by atoms with E-state index in [1.807, 2.05) is 13.0 Å². The molecule has 2 rings (SSSR count). The van der Waals surface area contributed by atoms with Crippen LogP contribution in [0.3, 0.4) is 0 Å². The maximum Gasteiger partial charge on any atom is 0.227 e. The second-order valence-corrected chi connectivity index (χ2v) is 7.25. The first kappa shape index (κ1) is 25.9. The number of hydrogen-bond donors (Lipinski definition) is 3. The fourth-order valence-corrected chi connectivity index (χ4v) is 3.56. The van der Waals surface area contributed by atoms with Crippen molar-refractivity contribution in [2.24, 2.45) is 0 Å². The van der Waals surface area contributed by atoms with Crippen LogP contribution >= 0.6 is 0 Å². The van der Waals surface area contributed by atoms with Gasteiger partial charge in [-0.05, 0) is 41.8 Å². The summed E-state index contributed by atoms with van der Waals surface area (Å²) in [5, 5.41) is 28.7. The second kappa shape index (κ2) is 12.6. The van der Waals surface area contributed by atoms with E-state index in [1.54, 1.807) is 12.1 Å². The number of nitrogens with zero attached hydrogens (tertiary/aromatic N) is 1. The predicted octanol–water partition coefficient (Wildman–Crippen LogP) is 2.11. The summed E-state index contributed by atoms with van der Waals surface area (Å²) in [4.78, 5) is 28.0. The van der Waals surface area contributed by atoms with Crippen molar-refractivity contribution in [1.29, 1.82) is 0 Å². The Kier molecular flexibility index (Phi) is 9.90. The van der Waals surface area contributed by atoms with Crippen molar-refractivity contribution in [3.63, 3.8) is 0 Å². The Labute approximate surface area is 193 Å². The third kappa shape index (κ3) is 6.34. The quantitative estimate of drug-likeness (QED) is 0.312. The molecule has 0 saturated heterocycles. The van der Waals surface area contributed by atoms with Crippen molar-refractivity contribution in [1.82, 2.24) is 4.90 Å². The number of methoxy groups -OCH3 is 1. The van der Waals surface area contributed by atoms with E-state index in [4.69, 9.17) is 9.47 Å². The summed E-state index contributed by atoms with van der Waals surface area (Å²) in [5.41, 5.74) is 1.73. The summed E-state index contributed by atoms with van der Waals surface area (Å²) in [6.07, 6.45) is 2.01. The number of aromatic hydroxyl groups is 1. The van der Waals surface area contributed by atoms with Crippen molar-refractivity contribution < 1.29 is 34.4 Å². The molecule has 0 aliphatic carbocycles. The summed E-state index contributed by atoms with van der Waals surface area (Å²) in [5.74, 6) is -0.401. The lowest BCUT2D eigenvalue weighted by Gasteiger charge is -2.23. The van der Waals surface area contributed by atoms with E-state index in [1.165, 1.54) is 30.2 Å². The lowest BCUT2D eigenvalue weighted by atomic mass is 9.90. The number of carbonyl (C=O) groups excluding carboxylic acids is 2. The van der Waals surface area contributed by atoms with Crippen LogP contribution < -0.4 is 9.47 Å². The molecule has 0 saturated carbocycles. The van der Waals surface area contributed by atoms with Gasteiger partial charge in [0.2, 0.25) is 5.91 Å². The SMILES string of the molecule is C=CCOc1ccc(CC)c(CC(=O)N(CCO)CCO)c1C(=O)c1ccc(OC)c(O)c1. The molecule has 8 nitrogen and oxygen atoms in total. The average Bonchev–Trinajstić information content (AvgIpc) is 2.82. The molecule has 3 N–H and O–H groups in total. The van der Waals surface area contributed by atoms with Gasteiger partial charge in [-0.3, -0.25) is 9.59 Å². The van der Waals surface area contributed by atoms with E-state index in [-0.39, 0.29) is 67.9 Å². The molecule has 0 fully saturated rings. The molecule has 8 heteroatoms. The van der Waals surface area contributed by atoms with Crippen LogP contribution in [0, 0.1) is 0 Å². The predicted molar refractivity (Wildman–Crippen MR) is 124 cm³/mol. The van der Waals surface area contributed by atoms with Crippen molar-refractivity contribution in [3.8, 4) is 17.2 Å². The van der Waals surface area contributed by atoms with E-state index < -0.39 is 5.78 Å². The summed E-state index contributed by atoms with van der Waals surface area (Å²) >= 11 is 0. The monoisotopic (exact) mass is 457 g/mol. The first-order chi connectivity index (χ1) is 15.9. The van der Waals surface area contributed by atoms with Gasteiger partial charge in [-0.25, -0.2) is 0 Å². The zero-order valence-corrected chi connectivity index (χ0v) is 19.0. The molecule has 0 aliphatic heterocycles. The Hall–Kier alpha value is -3.36. The summed E-state index contributed by atoms with van der Waals surface area (Å²) in [7, 11) is 1.41. The van der Waals surface area contributed by atoms with Crippen LogP contribution in [0.1, 0.15) is 34.0 Å². The number of carbonyl (C=O) groups is 2. The lowest BCUT2D eigenvalue weighted by Crippen LogP contribution is -2.37. The van der Waals surface area contributed by atoms with E-state index in [9.17, 15) is 24.9 Å². The highest BCUT2D eigenvalue weighted by molar-refractivity contribution is 6.12. The smallest absolute Gasteiger partial charge is 0.227 e. The van der Waals surface area contributed by atoms with Gasteiger partial charge >= 0.3 is 0 Å². The minimum atomic E-state index is -0.416. The minimum absolute atomic E-state index is 0.0726. The number of benzene rings is 2. The number of phenolic OH excluding ortho intramolecular Hbond substituents is 1. The normalized spacial score (nSPS) is 10.5. The molecule has 0 aromatic heterocycles. The first-order valence-electron chi connectivity index (χ1n) is 10.7. The van der Waals surface area contributed by atoms with Gasteiger partial charge in [0.15, 0.2) is 17.3 Å². The first-order valence-corrected chi connectivity index (χ1v) is 10.7. The number of amides is 1. The van der Waals surface area contributed by atoms with E-state index in [0.29, 0.717) is 17.7 Å². The average molecular weight is 458 g/mol. The molecule has 0 heterocycles. The second-order valence-electron chi connectivity index (χ2n) is 7.25. The molecule has 0 spiro atoms. The fourth-order valence-electron chi connectivity index (χ4n) is 3.56. The maximum atomic E-state index is 13.6. The van der Waals surface area contributed by atoms with Gasteiger partial charge in [0.25, 0.3) is 0 Å². The highest BCUT2D eigenvalue weighted by Gasteiger charge is 2.25. The van der Waals surface area contributed by atoms with Crippen molar-refractivity contribution in [3.05, 3.63) is 65.2 Å². The number of ether oxygens (including phenoxy) is 2. The minimum Gasteiger partial charge on any atom is -0.504 e. The third-order valence-corrected chi connectivity index (χ3v) is 5.20. The molecule has 0 unspecified atom stereocenters. The van der Waals surface area contributed by atoms with Gasteiger partial charge in [0, 0.05) is 18.7 Å². The van der Waals surface area contributed by atoms with Crippen LogP contribution in [0.15, 0.2) is 43.0 Å². The summed E-state index contributed by atoms with van der Waals surface area (Å²) in [6, 6.07) is 7.84. The van der Waals surface area contributed by atoms with Crippen LogP contribution in [0.25, 0.3) is 0 Å². The van der Waals surface area contributed by atoms with Gasteiger partial charge in [0.05, 0.1) is 32.3 Å². The molecule has 2 aromatic rings. The highest BCUT2D eigenvalue weighted by Crippen LogP contribution is 2.33. The molecule has 33 heavy (non-hydrogen) atoms. The molecule has 178 valence electrons. The van der Waals surface area contributed by atoms with Crippen LogP contribution in [0.4, 0.5) is 0 Å². The van der Waals surface area contributed by atoms with Gasteiger partial charge in [0.1, 0.15) is 12.4 Å². The zero-order valence-electron chi connectivity index (χ0n) is 19.0. The largest absolute Gasteiger partial charge is 0.504 e. The van der Waals surface area contributed by atoms with Crippen LogP contribution in [0.5, 0.6) is 17.2 Å². The Balaban J connectivity index is 2.62. The molecule has 2 aromatic carbocycles. The topological polar surface area (TPSA) is 117 Å². The number of aliphatic hydroxyl groups excluding tert-OH is 2. The number of hydrogen-bond acceptors (Lipinski definition) is 7. The number of aryl methyl sites for hydroxylation is 1. The summed E-state index contributed by atoms with van der Waals surface area (Å²) in [6.45, 7) is 5.38. The van der Waals surface area contributed by atoms with E-state index in [2.05, 4.69) is 6.58 Å². The Morgan fingerprint density at radius 3 is 2.30 bits per heavy atom. The van der Waals surface area contributed by atoms with Crippen LogP contribution in [-0.2, 0) is 17.6 Å². The third-order valence-electron chi connectivity index (χ3n) is 5.20. The van der Waals surface area contributed by atoms with Crippen LogP contribution in [0.2, 0.25) is 0 Å². The number of ketones is 1. The zero-order chi connectivity index (χ0) is 24.4. The lowest BCUT2D eigenvalue weighted by molar-refractivity contribution is -0.131. The molecular formula is C25H31NO7. The standard InChI is InChI=1S/C25H31NO7/c1-4-14-33-22-9-6-17(5-2)19(16-23(30)26(10-12-27)11-13-28)24(22)25(31)18-7-8-21(32-3)20(29)15-18/h4,6-9,15,27-29H,1,5,10-14,16H2,2-3H3. The van der Waals surface area contributed by atoms with Crippen LogP contribution in [-0.4, -0.2) is 71.9 Å². The Bertz CT molecular complexity index is 981. The summed E-state index contributed by atoms with van der Waals surface area (Å²) < 4.78 is 10.8. The molecule has 0 atom stereocenters. The number of phenols is 1. The van der Waals surface area contributed by atoms with Gasteiger partial charge < -0.3 is 29.7 Å². The van der Waals surface area contributed by atoms with Crippen molar-refractivity contribution in [2.75, 3.05) is 40.0 Å². The molecule has 0 radical (unpaired) electrons. The van der Waals surface area contributed by atoms with Gasteiger partial charge in [-0.15, -0.1) is 0 Å². The maximum absolute atomic E-state index is 13.6. The van der Waals surface area contributed by atoms with E-state index in [0.717, 1.165) is 5.56 Å². The molecule has 0 aliphatic rings. The Morgan fingerprint density at radius 1 is 1.09 bits per heavy atom. The molecule has 0 bridgehead atoms. The number of rotatable bonds is 13. The Morgan fingerprint density at radius 2 is 1.76 bits per heavy atom. The molecular weight excluding hydrogens is 426 g/mol.